The zero-order chi connectivity index (χ0) is 14.4. The van der Waals surface area contributed by atoms with E-state index >= 15 is 0 Å². The molecule has 0 aromatic rings. The highest BCUT2D eigenvalue weighted by Gasteiger charge is 2.23. The van der Waals surface area contributed by atoms with E-state index in [2.05, 4.69) is 15.8 Å². The van der Waals surface area contributed by atoms with Gasteiger partial charge in [-0.2, -0.15) is 0 Å². The van der Waals surface area contributed by atoms with E-state index in [1.807, 2.05) is 34.6 Å². The second kappa shape index (κ2) is 6.58. The summed E-state index contributed by atoms with van der Waals surface area (Å²) >= 11 is 0. The smallest absolute Gasteiger partial charge is 0.234 e. The lowest BCUT2D eigenvalue weighted by atomic mass is 9.88. The molecule has 0 aromatic carbocycles. The van der Waals surface area contributed by atoms with Gasteiger partial charge in [0.15, 0.2) is 0 Å². The molecule has 18 heavy (non-hydrogen) atoms. The Morgan fingerprint density at radius 2 is 1.83 bits per heavy atom. The number of nitrogens with two attached hydrogens (primary N) is 1. The van der Waals surface area contributed by atoms with Crippen LogP contribution in [-0.4, -0.2) is 35.6 Å². The molecule has 0 fully saturated rings. The van der Waals surface area contributed by atoms with Crippen LogP contribution in [0.2, 0.25) is 0 Å². The molecular formula is C12H26N4O2. The molecular weight excluding hydrogens is 232 g/mol. The van der Waals surface area contributed by atoms with Gasteiger partial charge in [0.2, 0.25) is 5.91 Å². The largest absolute Gasteiger partial charge is 0.409 e. The minimum Gasteiger partial charge on any atom is -0.409 e. The van der Waals surface area contributed by atoms with Crippen molar-refractivity contribution in [2.45, 2.75) is 46.6 Å². The van der Waals surface area contributed by atoms with E-state index in [1.54, 1.807) is 0 Å². The Labute approximate surface area is 109 Å². The molecule has 0 aliphatic heterocycles. The van der Waals surface area contributed by atoms with Crippen molar-refractivity contribution in [1.82, 2.24) is 10.6 Å². The van der Waals surface area contributed by atoms with Crippen LogP contribution in [0.15, 0.2) is 5.16 Å². The Bertz CT molecular complexity index is 306. The van der Waals surface area contributed by atoms with E-state index in [0.29, 0.717) is 13.0 Å². The summed E-state index contributed by atoms with van der Waals surface area (Å²) in [6.07, 6.45) is 0.686. The SMILES string of the molecule is CC(C)(C)NC(=O)CNCCC(C)(C)C(N)=NO. The van der Waals surface area contributed by atoms with Crippen molar-refractivity contribution in [2.24, 2.45) is 16.3 Å². The first-order valence-electron chi connectivity index (χ1n) is 6.08. The average Bonchev–Trinajstić information content (AvgIpc) is 2.20. The van der Waals surface area contributed by atoms with E-state index in [9.17, 15) is 4.79 Å². The number of amides is 1. The molecule has 0 aliphatic rings. The molecule has 106 valence electrons. The molecule has 0 spiro atoms. The molecule has 0 atom stereocenters. The maximum atomic E-state index is 11.5. The van der Waals surface area contributed by atoms with Crippen molar-refractivity contribution in [3.63, 3.8) is 0 Å². The van der Waals surface area contributed by atoms with Crippen LogP contribution in [0.5, 0.6) is 0 Å². The van der Waals surface area contributed by atoms with Gasteiger partial charge in [0.25, 0.3) is 0 Å². The van der Waals surface area contributed by atoms with E-state index < -0.39 is 0 Å². The monoisotopic (exact) mass is 258 g/mol. The lowest BCUT2D eigenvalue weighted by Crippen LogP contribution is -2.45. The zero-order valence-corrected chi connectivity index (χ0v) is 12.0. The van der Waals surface area contributed by atoms with Gasteiger partial charge in [-0.25, -0.2) is 0 Å². The van der Waals surface area contributed by atoms with Gasteiger partial charge in [-0.3, -0.25) is 4.79 Å². The van der Waals surface area contributed by atoms with Crippen molar-refractivity contribution in [3.8, 4) is 0 Å². The summed E-state index contributed by atoms with van der Waals surface area (Å²) in [6, 6.07) is 0. The van der Waals surface area contributed by atoms with Gasteiger partial charge >= 0.3 is 0 Å². The molecule has 5 N–H and O–H groups in total. The van der Waals surface area contributed by atoms with Gasteiger partial charge < -0.3 is 21.6 Å². The molecule has 0 unspecified atom stereocenters. The van der Waals surface area contributed by atoms with E-state index in [0.717, 1.165) is 0 Å². The maximum absolute atomic E-state index is 11.5. The van der Waals surface area contributed by atoms with Crippen molar-refractivity contribution in [2.75, 3.05) is 13.1 Å². The zero-order valence-electron chi connectivity index (χ0n) is 12.0. The highest BCUT2D eigenvalue weighted by Crippen LogP contribution is 2.19. The number of oxime groups is 1. The van der Waals surface area contributed by atoms with Crippen LogP contribution >= 0.6 is 0 Å². The van der Waals surface area contributed by atoms with Crippen LogP contribution in [0.1, 0.15) is 41.0 Å². The number of nitrogens with one attached hydrogen (secondary N) is 2. The highest BCUT2D eigenvalue weighted by molar-refractivity contribution is 5.85. The number of carbonyl (C=O) groups excluding carboxylic acids is 1. The third-order valence-corrected chi connectivity index (χ3v) is 2.53. The summed E-state index contributed by atoms with van der Waals surface area (Å²) in [5.41, 5.74) is 4.97. The molecule has 0 saturated heterocycles. The van der Waals surface area contributed by atoms with Crippen LogP contribution < -0.4 is 16.4 Å². The minimum absolute atomic E-state index is 0.0379. The number of hydrogen-bond donors (Lipinski definition) is 4. The van der Waals surface area contributed by atoms with Crippen LogP contribution in [-0.2, 0) is 4.79 Å². The molecule has 6 nitrogen and oxygen atoms in total. The Kier molecular flexibility index (Phi) is 6.11. The van der Waals surface area contributed by atoms with Gasteiger partial charge in [0, 0.05) is 11.0 Å². The molecule has 0 aromatic heterocycles. The molecule has 0 saturated carbocycles. The first-order valence-corrected chi connectivity index (χ1v) is 6.08. The first-order chi connectivity index (χ1) is 8.08. The fourth-order valence-electron chi connectivity index (χ4n) is 1.33. The summed E-state index contributed by atoms with van der Waals surface area (Å²) in [7, 11) is 0. The average molecular weight is 258 g/mol. The van der Waals surface area contributed by atoms with Gasteiger partial charge in [-0.05, 0) is 33.7 Å². The molecule has 1 amide bonds. The molecule has 0 radical (unpaired) electrons. The fraction of sp³-hybridized carbons (Fsp3) is 0.833. The molecule has 0 aliphatic carbocycles. The Morgan fingerprint density at radius 1 is 1.28 bits per heavy atom. The Hall–Kier alpha value is -1.30. The predicted octanol–water partition coefficient (Wildman–Crippen LogP) is 0.653. The Balaban J connectivity index is 3.91. The summed E-state index contributed by atoms with van der Waals surface area (Å²) in [5, 5.41) is 17.5. The Morgan fingerprint density at radius 3 is 2.28 bits per heavy atom. The number of nitrogens with zero attached hydrogens (tertiary/aromatic N) is 1. The second-order valence-corrected chi connectivity index (χ2v) is 6.09. The van der Waals surface area contributed by atoms with Gasteiger partial charge in [-0.15, -0.1) is 0 Å². The highest BCUT2D eigenvalue weighted by atomic mass is 16.4. The van der Waals surface area contributed by atoms with Crippen LogP contribution in [0, 0.1) is 5.41 Å². The van der Waals surface area contributed by atoms with Crippen molar-refractivity contribution >= 4 is 11.7 Å². The summed E-state index contributed by atoms with van der Waals surface area (Å²) in [4.78, 5) is 11.5. The second-order valence-electron chi connectivity index (χ2n) is 6.09. The molecule has 0 heterocycles. The minimum atomic E-state index is -0.387. The van der Waals surface area contributed by atoms with Gasteiger partial charge in [0.1, 0.15) is 5.84 Å². The number of amidine groups is 1. The molecule has 0 bridgehead atoms. The number of hydrogen-bond acceptors (Lipinski definition) is 4. The van der Waals surface area contributed by atoms with Gasteiger partial charge in [-0.1, -0.05) is 19.0 Å². The number of rotatable bonds is 6. The summed E-state index contributed by atoms with van der Waals surface area (Å²) < 4.78 is 0. The van der Waals surface area contributed by atoms with Crippen molar-refractivity contribution < 1.29 is 10.0 Å². The number of carbonyl (C=O) groups is 1. The fourth-order valence-corrected chi connectivity index (χ4v) is 1.33. The quantitative estimate of drug-likeness (QED) is 0.185. The van der Waals surface area contributed by atoms with Crippen molar-refractivity contribution in [3.05, 3.63) is 0 Å². The maximum Gasteiger partial charge on any atom is 0.234 e. The van der Waals surface area contributed by atoms with Crippen LogP contribution in [0.3, 0.4) is 0 Å². The third-order valence-electron chi connectivity index (χ3n) is 2.53. The normalized spacial score (nSPS) is 13.5. The lowest BCUT2D eigenvalue weighted by Gasteiger charge is -2.23. The van der Waals surface area contributed by atoms with E-state index in [-0.39, 0.29) is 29.2 Å². The molecule has 6 heteroatoms. The van der Waals surface area contributed by atoms with Gasteiger partial charge in [0.05, 0.1) is 6.54 Å². The summed E-state index contributed by atoms with van der Waals surface area (Å²) in [6.45, 7) is 10.5. The standard InChI is InChI=1S/C12H26N4O2/c1-11(2,3)15-9(17)8-14-7-6-12(4,5)10(13)16-18/h14,18H,6-8H2,1-5H3,(H2,13,16)(H,15,17). The third kappa shape index (κ3) is 7.11. The van der Waals surface area contributed by atoms with E-state index in [4.69, 9.17) is 10.9 Å². The molecule has 0 rings (SSSR count). The topological polar surface area (TPSA) is 99.7 Å². The first kappa shape index (κ1) is 16.7. The van der Waals surface area contributed by atoms with Crippen molar-refractivity contribution in [1.29, 1.82) is 0 Å². The lowest BCUT2D eigenvalue weighted by molar-refractivity contribution is -0.121. The predicted molar refractivity (Wildman–Crippen MR) is 72.6 cm³/mol. The van der Waals surface area contributed by atoms with Crippen LogP contribution in [0.4, 0.5) is 0 Å². The van der Waals surface area contributed by atoms with E-state index in [1.165, 1.54) is 0 Å². The summed E-state index contributed by atoms with van der Waals surface area (Å²) in [5.74, 6) is 0.160. The van der Waals surface area contributed by atoms with Crippen LogP contribution in [0.25, 0.3) is 0 Å².